The van der Waals surface area contributed by atoms with Gasteiger partial charge in [-0.3, -0.25) is 0 Å². The summed E-state index contributed by atoms with van der Waals surface area (Å²) in [6.45, 7) is 7.91. The van der Waals surface area contributed by atoms with Crippen molar-refractivity contribution >= 4 is 0 Å². The molecule has 0 bridgehead atoms. The fraction of sp³-hybridized carbons (Fsp3) is 0.600. The molecule has 1 saturated carbocycles. The topological polar surface area (TPSA) is 12.0 Å². The van der Waals surface area contributed by atoms with Crippen LogP contribution in [0.1, 0.15) is 50.3 Å². The molecule has 2 rings (SSSR count). The van der Waals surface area contributed by atoms with Gasteiger partial charge in [-0.1, -0.05) is 36.8 Å². The molecular weight excluding hydrogens is 194 g/mol. The number of rotatable bonds is 5. The summed E-state index contributed by atoms with van der Waals surface area (Å²) in [7, 11) is 0. The highest BCUT2D eigenvalue weighted by Gasteiger charge is 2.40. The van der Waals surface area contributed by atoms with Gasteiger partial charge in [0.1, 0.15) is 0 Å². The van der Waals surface area contributed by atoms with Crippen LogP contribution in [0.3, 0.4) is 0 Å². The third-order valence-corrected chi connectivity index (χ3v) is 4.03. The van der Waals surface area contributed by atoms with Crippen LogP contribution in [0.2, 0.25) is 0 Å². The van der Waals surface area contributed by atoms with Crippen LogP contribution in [0.15, 0.2) is 24.3 Å². The molecule has 1 heteroatoms. The number of nitrogens with one attached hydrogen (secondary N) is 1. The third-order valence-electron chi connectivity index (χ3n) is 4.03. The highest BCUT2D eigenvalue weighted by molar-refractivity contribution is 5.24. The van der Waals surface area contributed by atoms with E-state index in [0.29, 0.717) is 11.5 Å². The average Bonchev–Trinajstić information content (AvgIpc) is 3.07. The molecule has 1 fully saturated rings. The van der Waals surface area contributed by atoms with Crippen molar-refractivity contribution in [1.29, 1.82) is 0 Å². The standard InChI is InChI=1S/C15H23N/c1-4-15(8-9-15)11-16-13(3)14-7-5-6-12(2)10-14/h5-7,10,13,16H,4,8-9,11H2,1-3H3. The minimum absolute atomic E-state index is 0.476. The molecule has 0 aliphatic heterocycles. The summed E-state index contributed by atoms with van der Waals surface area (Å²) in [6, 6.07) is 9.28. The molecule has 1 aromatic carbocycles. The largest absolute Gasteiger partial charge is 0.310 e. The van der Waals surface area contributed by atoms with Crippen molar-refractivity contribution in [1.82, 2.24) is 5.32 Å². The van der Waals surface area contributed by atoms with Crippen molar-refractivity contribution in [3.63, 3.8) is 0 Å². The Labute approximate surface area is 99.3 Å². The summed E-state index contributed by atoms with van der Waals surface area (Å²) in [4.78, 5) is 0. The molecule has 1 aliphatic rings. The van der Waals surface area contributed by atoms with Gasteiger partial charge in [-0.25, -0.2) is 0 Å². The van der Waals surface area contributed by atoms with Crippen molar-refractivity contribution in [3.8, 4) is 0 Å². The van der Waals surface area contributed by atoms with Crippen LogP contribution in [0.25, 0.3) is 0 Å². The lowest BCUT2D eigenvalue weighted by molar-refractivity contribution is 0.415. The van der Waals surface area contributed by atoms with Gasteiger partial charge in [-0.05, 0) is 44.1 Å². The van der Waals surface area contributed by atoms with Gasteiger partial charge >= 0.3 is 0 Å². The van der Waals surface area contributed by atoms with E-state index < -0.39 is 0 Å². The van der Waals surface area contributed by atoms with Gasteiger partial charge < -0.3 is 5.32 Å². The molecule has 0 heterocycles. The summed E-state index contributed by atoms with van der Waals surface area (Å²) in [6.07, 6.45) is 4.15. The SMILES string of the molecule is CCC1(CNC(C)c2cccc(C)c2)CC1. The van der Waals surface area contributed by atoms with Gasteiger partial charge in [0, 0.05) is 12.6 Å². The second-order valence-corrected chi connectivity index (χ2v) is 5.37. The van der Waals surface area contributed by atoms with Crippen molar-refractivity contribution in [2.45, 2.75) is 46.1 Å². The smallest absolute Gasteiger partial charge is 0.0292 e. The number of hydrogen-bond acceptors (Lipinski definition) is 1. The Morgan fingerprint density at radius 2 is 2.12 bits per heavy atom. The first-order valence-electron chi connectivity index (χ1n) is 6.45. The van der Waals surface area contributed by atoms with Crippen LogP contribution < -0.4 is 5.32 Å². The molecule has 0 aromatic heterocycles. The van der Waals surface area contributed by atoms with Gasteiger partial charge in [0.2, 0.25) is 0 Å². The van der Waals surface area contributed by atoms with Crippen molar-refractivity contribution in [2.24, 2.45) is 5.41 Å². The Bertz CT molecular complexity index is 352. The van der Waals surface area contributed by atoms with Gasteiger partial charge in [-0.15, -0.1) is 0 Å². The molecule has 1 aromatic rings. The Hall–Kier alpha value is -0.820. The fourth-order valence-electron chi connectivity index (χ4n) is 2.26. The van der Waals surface area contributed by atoms with Gasteiger partial charge in [-0.2, -0.15) is 0 Å². The zero-order valence-electron chi connectivity index (χ0n) is 10.7. The molecular formula is C15H23N. The molecule has 1 nitrogen and oxygen atoms in total. The van der Waals surface area contributed by atoms with E-state index in [1.807, 2.05) is 0 Å². The quantitative estimate of drug-likeness (QED) is 0.790. The van der Waals surface area contributed by atoms with Gasteiger partial charge in [0.25, 0.3) is 0 Å². The third kappa shape index (κ3) is 2.65. The van der Waals surface area contributed by atoms with Crippen molar-refractivity contribution < 1.29 is 0 Å². The minimum atomic E-state index is 0.476. The van der Waals surface area contributed by atoms with Crippen LogP contribution >= 0.6 is 0 Å². The van der Waals surface area contributed by atoms with Crippen LogP contribution in [-0.2, 0) is 0 Å². The second kappa shape index (κ2) is 4.58. The van der Waals surface area contributed by atoms with E-state index in [0.717, 1.165) is 0 Å². The molecule has 1 unspecified atom stereocenters. The summed E-state index contributed by atoms with van der Waals surface area (Å²) in [5, 5.41) is 3.68. The first kappa shape index (κ1) is 11.7. The first-order valence-corrected chi connectivity index (χ1v) is 6.45. The van der Waals surface area contributed by atoms with Crippen molar-refractivity contribution in [2.75, 3.05) is 6.54 Å². The van der Waals surface area contributed by atoms with Crippen LogP contribution in [0.4, 0.5) is 0 Å². The lowest BCUT2D eigenvalue weighted by Crippen LogP contribution is -2.26. The van der Waals surface area contributed by atoms with Gasteiger partial charge in [0.05, 0.1) is 0 Å². The molecule has 0 radical (unpaired) electrons. The van der Waals surface area contributed by atoms with Crippen LogP contribution in [0.5, 0.6) is 0 Å². The second-order valence-electron chi connectivity index (χ2n) is 5.37. The molecule has 88 valence electrons. The normalized spacial score (nSPS) is 19.4. The summed E-state index contributed by atoms with van der Waals surface area (Å²) < 4.78 is 0. The van der Waals surface area contributed by atoms with E-state index in [9.17, 15) is 0 Å². The maximum Gasteiger partial charge on any atom is 0.0292 e. The molecule has 1 aliphatic carbocycles. The number of aryl methyl sites for hydroxylation is 1. The Kier molecular flexibility index (Phi) is 3.34. The van der Waals surface area contributed by atoms with E-state index >= 15 is 0 Å². The predicted octanol–water partition coefficient (Wildman–Crippen LogP) is 3.84. The van der Waals surface area contributed by atoms with Crippen molar-refractivity contribution in [3.05, 3.63) is 35.4 Å². The molecule has 0 spiro atoms. The highest BCUT2D eigenvalue weighted by Crippen LogP contribution is 2.48. The van der Waals surface area contributed by atoms with Gasteiger partial charge in [0.15, 0.2) is 0 Å². The number of benzene rings is 1. The summed E-state index contributed by atoms with van der Waals surface area (Å²) in [5.74, 6) is 0. The Morgan fingerprint density at radius 3 is 2.69 bits per heavy atom. The lowest BCUT2D eigenvalue weighted by Gasteiger charge is -2.19. The molecule has 1 N–H and O–H groups in total. The minimum Gasteiger partial charge on any atom is -0.310 e. The molecule has 16 heavy (non-hydrogen) atoms. The van der Waals surface area contributed by atoms with E-state index in [1.54, 1.807) is 0 Å². The predicted molar refractivity (Wildman–Crippen MR) is 69.6 cm³/mol. The highest BCUT2D eigenvalue weighted by atomic mass is 14.9. The fourth-order valence-corrected chi connectivity index (χ4v) is 2.26. The van der Waals surface area contributed by atoms with E-state index in [2.05, 4.69) is 50.4 Å². The zero-order valence-corrected chi connectivity index (χ0v) is 10.7. The Balaban J connectivity index is 1.90. The average molecular weight is 217 g/mol. The lowest BCUT2D eigenvalue weighted by atomic mass is 10.0. The molecule has 0 saturated heterocycles. The first-order chi connectivity index (χ1) is 7.65. The van der Waals surface area contributed by atoms with Crippen LogP contribution in [0, 0.1) is 12.3 Å². The summed E-state index contributed by atoms with van der Waals surface area (Å²) in [5.41, 5.74) is 3.40. The van der Waals surface area contributed by atoms with E-state index in [1.165, 1.54) is 36.9 Å². The van der Waals surface area contributed by atoms with E-state index in [4.69, 9.17) is 0 Å². The Morgan fingerprint density at radius 1 is 1.38 bits per heavy atom. The maximum atomic E-state index is 3.68. The molecule has 0 amide bonds. The van der Waals surface area contributed by atoms with E-state index in [-0.39, 0.29) is 0 Å². The monoisotopic (exact) mass is 217 g/mol. The maximum absolute atomic E-state index is 3.68. The van der Waals surface area contributed by atoms with Crippen LogP contribution in [-0.4, -0.2) is 6.54 Å². The molecule has 1 atom stereocenters. The zero-order chi connectivity index (χ0) is 11.6. The number of hydrogen-bond donors (Lipinski definition) is 1. The summed E-state index contributed by atoms with van der Waals surface area (Å²) >= 11 is 0.